The van der Waals surface area contributed by atoms with Gasteiger partial charge < -0.3 is 15.4 Å². The first-order valence-electron chi connectivity index (χ1n) is 8.45. The summed E-state index contributed by atoms with van der Waals surface area (Å²) in [6.07, 6.45) is 5.04. The van der Waals surface area contributed by atoms with E-state index >= 15 is 0 Å². The summed E-state index contributed by atoms with van der Waals surface area (Å²) in [6.45, 7) is 9.10. The van der Waals surface area contributed by atoms with Crippen LogP contribution in [-0.2, 0) is 11.3 Å². The van der Waals surface area contributed by atoms with E-state index in [9.17, 15) is 4.79 Å². The van der Waals surface area contributed by atoms with E-state index in [1.165, 1.54) is 12.0 Å². The SMILES string of the molecule is Cc1ccc(CNC2CCCC2CNC(=O)OC(C)(C)C)nc1. The Hall–Kier alpha value is -1.62. The summed E-state index contributed by atoms with van der Waals surface area (Å²) in [5.41, 5.74) is 1.78. The molecule has 1 fully saturated rings. The predicted octanol–water partition coefficient (Wildman–Crippen LogP) is 3.17. The lowest BCUT2D eigenvalue weighted by atomic mass is 10.0. The molecule has 1 heterocycles. The van der Waals surface area contributed by atoms with Crippen molar-refractivity contribution < 1.29 is 9.53 Å². The van der Waals surface area contributed by atoms with Crippen molar-refractivity contribution in [2.45, 2.75) is 65.1 Å². The van der Waals surface area contributed by atoms with Gasteiger partial charge in [0.2, 0.25) is 0 Å². The molecular weight excluding hydrogens is 290 g/mol. The highest BCUT2D eigenvalue weighted by atomic mass is 16.6. The second-order valence-electron chi connectivity index (χ2n) is 7.39. The standard InChI is InChI=1S/C18H29N3O2/c1-13-8-9-15(19-10-13)12-20-16-7-5-6-14(16)11-21-17(22)23-18(2,3)4/h8-10,14,16,20H,5-7,11-12H2,1-4H3,(H,21,22). The van der Waals surface area contributed by atoms with Crippen LogP contribution in [0.15, 0.2) is 18.3 Å². The van der Waals surface area contributed by atoms with Crippen molar-refractivity contribution in [3.05, 3.63) is 29.6 Å². The highest BCUT2D eigenvalue weighted by Crippen LogP contribution is 2.25. The zero-order valence-corrected chi connectivity index (χ0v) is 14.7. The van der Waals surface area contributed by atoms with Gasteiger partial charge in [0.15, 0.2) is 0 Å². The molecule has 2 rings (SSSR count). The highest BCUT2D eigenvalue weighted by molar-refractivity contribution is 5.67. The normalized spacial score (nSPS) is 21.2. The van der Waals surface area contributed by atoms with Crippen LogP contribution in [0.5, 0.6) is 0 Å². The van der Waals surface area contributed by atoms with Crippen LogP contribution in [0.4, 0.5) is 4.79 Å². The van der Waals surface area contributed by atoms with E-state index in [1.54, 1.807) is 0 Å². The average molecular weight is 319 g/mol. The molecule has 1 aliphatic rings. The number of hydrogen-bond donors (Lipinski definition) is 2. The second-order valence-corrected chi connectivity index (χ2v) is 7.39. The first-order valence-corrected chi connectivity index (χ1v) is 8.45. The molecule has 1 aliphatic carbocycles. The Kier molecular flexibility index (Phi) is 5.99. The molecule has 1 aromatic heterocycles. The van der Waals surface area contributed by atoms with Crippen molar-refractivity contribution in [1.82, 2.24) is 15.6 Å². The molecule has 2 N–H and O–H groups in total. The fraction of sp³-hybridized carbons (Fsp3) is 0.667. The molecule has 128 valence electrons. The fourth-order valence-electron chi connectivity index (χ4n) is 2.92. The summed E-state index contributed by atoms with van der Waals surface area (Å²) in [5, 5.41) is 6.48. The van der Waals surface area contributed by atoms with Crippen molar-refractivity contribution in [3.8, 4) is 0 Å². The summed E-state index contributed by atoms with van der Waals surface area (Å²) < 4.78 is 5.29. The third-order valence-corrected chi connectivity index (χ3v) is 4.08. The van der Waals surface area contributed by atoms with Gasteiger partial charge in [-0.1, -0.05) is 12.5 Å². The van der Waals surface area contributed by atoms with E-state index in [0.29, 0.717) is 18.5 Å². The van der Waals surface area contributed by atoms with Crippen molar-refractivity contribution in [2.75, 3.05) is 6.54 Å². The molecule has 0 bridgehead atoms. The Morgan fingerprint density at radius 3 is 2.78 bits per heavy atom. The van der Waals surface area contributed by atoms with Crippen molar-refractivity contribution in [1.29, 1.82) is 0 Å². The predicted molar refractivity (Wildman–Crippen MR) is 91.2 cm³/mol. The zero-order chi connectivity index (χ0) is 16.9. The maximum absolute atomic E-state index is 11.8. The van der Waals surface area contributed by atoms with E-state index in [1.807, 2.05) is 33.9 Å². The number of hydrogen-bond acceptors (Lipinski definition) is 4. The number of carbonyl (C=O) groups is 1. The Balaban J connectivity index is 1.76. The summed E-state index contributed by atoms with van der Waals surface area (Å²) in [6, 6.07) is 4.57. The molecule has 0 radical (unpaired) electrons. The smallest absolute Gasteiger partial charge is 0.407 e. The average Bonchev–Trinajstić information content (AvgIpc) is 2.90. The molecule has 0 aliphatic heterocycles. The summed E-state index contributed by atoms with van der Waals surface area (Å²) in [4.78, 5) is 16.2. The molecular formula is C18H29N3O2. The van der Waals surface area contributed by atoms with Crippen molar-refractivity contribution >= 4 is 6.09 Å². The van der Waals surface area contributed by atoms with E-state index < -0.39 is 5.60 Å². The number of ether oxygens (including phenoxy) is 1. The molecule has 5 nitrogen and oxygen atoms in total. The zero-order valence-electron chi connectivity index (χ0n) is 14.7. The van der Waals surface area contributed by atoms with Gasteiger partial charge in [-0.2, -0.15) is 0 Å². The van der Waals surface area contributed by atoms with Crippen molar-refractivity contribution in [2.24, 2.45) is 5.92 Å². The van der Waals surface area contributed by atoms with Gasteiger partial charge in [-0.15, -0.1) is 0 Å². The molecule has 1 aromatic rings. The second kappa shape index (κ2) is 7.77. The largest absolute Gasteiger partial charge is 0.444 e. The van der Waals surface area contributed by atoms with Gasteiger partial charge in [-0.3, -0.25) is 4.98 Å². The number of carbonyl (C=O) groups excluding carboxylic acids is 1. The van der Waals surface area contributed by atoms with Crippen LogP contribution in [-0.4, -0.2) is 29.3 Å². The van der Waals surface area contributed by atoms with Crippen LogP contribution in [0.25, 0.3) is 0 Å². The molecule has 0 spiro atoms. The minimum Gasteiger partial charge on any atom is -0.444 e. The van der Waals surface area contributed by atoms with Gasteiger partial charge in [0.25, 0.3) is 0 Å². The van der Waals surface area contributed by atoms with Crippen LogP contribution >= 0.6 is 0 Å². The summed E-state index contributed by atoms with van der Waals surface area (Å²) in [5.74, 6) is 0.452. The Morgan fingerprint density at radius 2 is 2.13 bits per heavy atom. The van der Waals surface area contributed by atoms with Crippen LogP contribution in [0.3, 0.4) is 0 Å². The number of alkyl carbamates (subject to hydrolysis) is 1. The third kappa shape index (κ3) is 6.18. The maximum Gasteiger partial charge on any atom is 0.407 e. The van der Waals surface area contributed by atoms with Gasteiger partial charge >= 0.3 is 6.09 Å². The molecule has 2 atom stereocenters. The quantitative estimate of drug-likeness (QED) is 0.875. The minimum absolute atomic E-state index is 0.330. The van der Waals surface area contributed by atoms with E-state index in [0.717, 1.165) is 25.1 Å². The molecule has 1 amide bonds. The van der Waals surface area contributed by atoms with Crippen LogP contribution < -0.4 is 10.6 Å². The first-order chi connectivity index (χ1) is 10.8. The number of rotatable bonds is 5. The Labute approximate surface area is 139 Å². The first kappa shape index (κ1) is 17.7. The highest BCUT2D eigenvalue weighted by Gasteiger charge is 2.27. The molecule has 1 saturated carbocycles. The lowest BCUT2D eigenvalue weighted by molar-refractivity contribution is 0.0517. The lowest BCUT2D eigenvalue weighted by Crippen LogP contribution is -2.40. The Morgan fingerprint density at radius 1 is 1.35 bits per heavy atom. The lowest BCUT2D eigenvalue weighted by Gasteiger charge is -2.23. The molecule has 0 saturated heterocycles. The third-order valence-electron chi connectivity index (χ3n) is 4.08. The number of pyridine rings is 1. The van der Waals surface area contributed by atoms with Gasteiger partial charge in [0, 0.05) is 25.3 Å². The van der Waals surface area contributed by atoms with E-state index in [2.05, 4.69) is 27.8 Å². The van der Waals surface area contributed by atoms with Gasteiger partial charge in [0.1, 0.15) is 5.60 Å². The number of nitrogens with zero attached hydrogens (tertiary/aromatic N) is 1. The monoisotopic (exact) mass is 319 g/mol. The minimum atomic E-state index is -0.450. The molecule has 5 heteroatoms. The Bertz CT molecular complexity index is 508. The topological polar surface area (TPSA) is 63.2 Å². The summed E-state index contributed by atoms with van der Waals surface area (Å²) >= 11 is 0. The van der Waals surface area contributed by atoms with Crippen LogP contribution in [0, 0.1) is 12.8 Å². The maximum atomic E-state index is 11.8. The van der Waals surface area contributed by atoms with Gasteiger partial charge in [-0.25, -0.2) is 4.79 Å². The molecule has 2 unspecified atom stereocenters. The molecule has 23 heavy (non-hydrogen) atoms. The van der Waals surface area contributed by atoms with E-state index in [4.69, 9.17) is 4.74 Å². The van der Waals surface area contributed by atoms with Crippen LogP contribution in [0.1, 0.15) is 51.3 Å². The van der Waals surface area contributed by atoms with Crippen LogP contribution in [0.2, 0.25) is 0 Å². The number of amides is 1. The van der Waals surface area contributed by atoms with Crippen molar-refractivity contribution in [3.63, 3.8) is 0 Å². The molecule has 0 aromatic carbocycles. The number of aryl methyl sites for hydroxylation is 1. The van der Waals surface area contributed by atoms with Gasteiger partial charge in [-0.05, 0) is 58.1 Å². The van der Waals surface area contributed by atoms with E-state index in [-0.39, 0.29) is 6.09 Å². The summed E-state index contributed by atoms with van der Waals surface area (Å²) in [7, 11) is 0. The number of nitrogens with one attached hydrogen (secondary N) is 2. The number of aromatic nitrogens is 1. The fourth-order valence-corrected chi connectivity index (χ4v) is 2.92. The van der Waals surface area contributed by atoms with Gasteiger partial charge in [0.05, 0.1) is 5.69 Å².